The molecule has 1 aromatic carbocycles. The molecule has 0 spiro atoms. The molecule has 0 fully saturated rings. The molecular weight excluding hydrogens is 386 g/mol. The Bertz CT molecular complexity index is 1350. The third-order valence-corrected chi connectivity index (χ3v) is 4.67. The number of H-pyrrole nitrogens is 1. The van der Waals surface area contributed by atoms with Gasteiger partial charge >= 0.3 is 5.69 Å². The number of hydrogen-bond acceptors (Lipinski definition) is 6. The summed E-state index contributed by atoms with van der Waals surface area (Å²) in [6.07, 6.45) is 1.62. The first-order valence-corrected chi connectivity index (χ1v) is 9.15. The van der Waals surface area contributed by atoms with Crippen LogP contribution >= 0.6 is 0 Å². The Balaban J connectivity index is 1.81. The second-order valence-corrected chi connectivity index (χ2v) is 6.89. The lowest BCUT2D eigenvalue weighted by Gasteiger charge is -2.12. The molecule has 9 heteroatoms. The fraction of sp³-hybridized carbons (Fsp3) is 0.143. The van der Waals surface area contributed by atoms with Crippen LogP contribution in [0.3, 0.4) is 0 Å². The van der Waals surface area contributed by atoms with Crippen molar-refractivity contribution in [1.29, 1.82) is 0 Å². The highest BCUT2D eigenvalue weighted by atomic mass is 16.3. The molecule has 1 amide bonds. The van der Waals surface area contributed by atoms with Gasteiger partial charge in [0.05, 0.1) is 23.1 Å². The van der Waals surface area contributed by atoms with Gasteiger partial charge in [-0.1, -0.05) is 18.2 Å². The smallest absolute Gasteiger partial charge is 0.335 e. The van der Waals surface area contributed by atoms with Crippen molar-refractivity contribution in [3.8, 4) is 5.69 Å². The second-order valence-electron chi connectivity index (χ2n) is 6.89. The summed E-state index contributed by atoms with van der Waals surface area (Å²) in [7, 11) is 3.77. The SMILES string of the molecule is Cc1oc2[nH]c(=O)n(-c3ccccc3)c(=O)c2c1C(=O)Nc1ccc(N(C)C)cn1. The van der Waals surface area contributed by atoms with Gasteiger partial charge in [0, 0.05) is 14.1 Å². The van der Waals surface area contributed by atoms with E-state index in [1.54, 1.807) is 49.5 Å². The number of hydrogen-bond donors (Lipinski definition) is 2. The zero-order valence-corrected chi connectivity index (χ0v) is 16.6. The van der Waals surface area contributed by atoms with Gasteiger partial charge in [-0.3, -0.25) is 14.6 Å². The third kappa shape index (κ3) is 3.26. The number of rotatable bonds is 4. The molecule has 4 rings (SSSR count). The van der Waals surface area contributed by atoms with Gasteiger partial charge in [0.2, 0.25) is 5.71 Å². The Morgan fingerprint density at radius 1 is 1.13 bits per heavy atom. The van der Waals surface area contributed by atoms with Crippen LogP contribution in [0.2, 0.25) is 0 Å². The number of aromatic amines is 1. The zero-order chi connectivity index (χ0) is 21.4. The maximum absolute atomic E-state index is 13.1. The van der Waals surface area contributed by atoms with Crippen molar-refractivity contribution in [3.05, 3.63) is 80.8 Å². The summed E-state index contributed by atoms with van der Waals surface area (Å²) in [5.41, 5.74) is -0.0264. The van der Waals surface area contributed by atoms with E-state index in [0.29, 0.717) is 11.5 Å². The van der Waals surface area contributed by atoms with Crippen molar-refractivity contribution in [2.75, 3.05) is 24.3 Å². The number of benzene rings is 1. The molecule has 2 N–H and O–H groups in total. The van der Waals surface area contributed by atoms with E-state index >= 15 is 0 Å². The van der Waals surface area contributed by atoms with E-state index in [1.807, 2.05) is 25.1 Å². The van der Waals surface area contributed by atoms with E-state index in [9.17, 15) is 14.4 Å². The number of furan rings is 1. The van der Waals surface area contributed by atoms with Crippen molar-refractivity contribution < 1.29 is 9.21 Å². The maximum atomic E-state index is 13.1. The molecule has 0 radical (unpaired) electrons. The van der Waals surface area contributed by atoms with Crippen molar-refractivity contribution in [2.45, 2.75) is 6.92 Å². The molecule has 3 aromatic heterocycles. The zero-order valence-electron chi connectivity index (χ0n) is 16.6. The maximum Gasteiger partial charge on any atom is 0.335 e. The van der Waals surface area contributed by atoms with Crippen molar-refractivity contribution in [3.63, 3.8) is 0 Å². The molecule has 0 atom stereocenters. The number of nitrogens with one attached hydrogen (secondary N) is 2. The number of anilines is 2. The first-order chi connectivity index (χ1) is 14.4. The summed E-state index contributed by atoms with van der Waals surface area (Å²) in [5.74, 6) is -0.0155. The van der Waals surface area contributed by atoms with Crippen LogP contribution in [0, 0.1) is 6.92 Å². The van der Waals surface area contributed by atoms with Gasteiger partial charge in [0.15, 0.2) is 0 Å². The minimum absolute atomic E-state index is 0.00151. The number of para-hydroxylation sites is 1. The van der Waals surface area contributed by atoms with Gasteiger partial charge < -0.3 is 14.6 Å². The van der Waals surface area contributed by atoms with E-state index < -0.39 is 17.2 Å². The molecule has 0 aliphatic rings. The molecule has 4 aromatic rings. The summed E-state index contributed by atoms with van der Waals surface area (Å²) in [6, 6.07) is 11.9. The topological polar surface area (TPSA) is 113 Å². The van der Waals surface area contributed by atoms with E-state index in [-0.39, 0.29) is 22.4 Å². The lowest BCUT2D eigenvalue weighted by molar-refractivity contribution is 0.102. The molecule has 0 saturated heterocycles. The Kier molecular flexibility index (Phi) is 4.71. The van der Waals surface area contributed by atoms with Gasteiger partial charge in [-0.05, 0) is 31.2 Å². The van der Waals surface area contributed by atoms with Crippen LogP contribution < -0.4 is 21.5 Å². The Labute approximate surface area is 170 Å². The van der Waals surface area contributed by atoms with Crippen LogP contribution in [-0.2, 0) is 0 Å². The monoisotopic (exact) mass is 405 g/mol. The highest BCUT2D eigenvalue weighted by molar-refractivity contribution is 6.12. The van der Waals surface area contributed by atoms with Gasteiger partial charge in [0.1, 0.15) is 17.0 Å². The Morgan fingerprint density at radius 2 is 1.87 bits per heavy atom. The van der Waals surface area contributed by atoms with E-state index in [0.717, 1.165) is 10.3 Å². The molecule has 0 saturated carbocycles. The largest absolute Gasteiger partial charge is 0.444 e. The standard InChI is InChI=1S/C21H19N5O4/c1-12-16(18(27)23-15-10-9-14(11-22-15)25(2)3)17-19(30-12)24-21(29)26(20(17)28)13-7-5-4-6-8-13/h4-11H,1-3H3,(H,24,29)(H,22,23,27). The number of pyridine rings is 1. The van der Waals surface area contributed by atoms with E-state index in [4.69, 9.17) is 4.42 Å². The quantitative estimate of drug-likeness (QED) is 0.539. The number of nitrogens with zero attached hydrogens (tertiary/aromatic N) is 3. The van der Waals surface area contributed by atoms with Gasteiger partial charge in [-0.2, -0.15) is 0 Å². The molecule has 30 heavy (non-hydrogen) atoms. The molecule has 152 valence electrons. The minimum Gasteiger partial charge on any atom is -0.444 e. The minimum atomic E-state index is -0.652. The Morgan fingerprint density at radius 3 is 2.50 bits per heavy atom. The lowest BCUT2D eigenvalue weighted by atomic mass is 10.1. The van der Waals surface area contributed by atoms with E-state index in [2.05, 4.69) is 15.3 Å². The molecule has 0 aliphatic heterocycles. The van der Waals surface area contributed by atoms with Gasteiger partial charge in [-0.15, -0.1) is 0 Å². The highest BCUT2D eigenvalue weighted by Crippen LogP contribution is 2.22. The molecule has 3 heterocycles. The summed E-state index contributed by atoms with van der Waals surface area (Å²) >= 11 is 0. The van der Waals surface area contributed by atoms with Crippen LogP contribution in [0.15, 0.2) is 62.7 Å². The van der Waals surface area contributed by atoms with Gasteiger partial charge in [0.25, 0.3) is 11.5 Å². The molecule has 0 bridgehead atoms. The van der Waals surface area contributed by atoms with Crippen LogP contribution in [-0.4, -0.2) is 34.5 Å². The highest BCUT2D eigenvalue weighted by Gasteiger charge is 2.24. The lowest BCUT2D eigenvalue weighted by Crippen LogP contribution is -2.34. The number of fused-ring (bicyclic) bond motifs is 1. The van der Waals surface area contributed by atoms with E-state index in [1.165, 1.54) is 0 Å². The van der Waals surface area contributed by atoms with Crippen molar-refractivity contribution >= 4 is 28.5 Å². The fourth-order valence-corrected chi connectivity index (χ4v) is 3.18. The number of carbonyl (C=O) groups excluding carboxylic acids is 1. The number of aryl methyl sites for hydroxylation is 1. The average Bonchev–Trinajstić information content (AvgIpc) is 3.05. The van der Waals surface area contributed by atoms with Crippen molar-refractivity contribution in [1.82, 2.24) is 14.5 Å². The van der Waals surface area contributed by atoms with Crippen molar-refractivity contribution in [2.24, 2.45) is 0 Å². The number of carbonyl (C=O) groups is 1. The predicted octanol–water partition coefficient (Wildman–Crippen LogP) is 2.29. The number of aromatic nitrogens is 3. The van der Waals surface area contributed by atoms with Crippen LogP contribution in [0.25, 0.3) is 16.8 Å². The van der Waals surface area contributed by atoms with Crippen LogP contribution in [0.4, 0.5) is 11.5 Å². The summed E-state index contributed by atoms with van der Waals surface area (Å²) < 4.78 is 6.47. The third-order valence-electron chi connectivity index (χ3n) is 4.67. The van der Waals surface area contributed by atoms with Gasteiger partial charge in [-0.25, -0.2) is 14.3 Å². The molecule has 0 unspecified atom stereocenters. The van der Waals surface area contributed by atoms with Crippen LogP contribution in [0.1, 0.15) is 16.1 Å². The molecule has 0 aliphatic carbocycles. The molecular formula is C21H19N5O4. The normalized spacial score (nSPS) is 10.9. The first-order valence-electron chi connectivity index (χ1n) is 9.15. The summed E-state index contributed by atoms with van der Waals surface area (Å²) in [5, 5.41) is 2.67. The second kappa shape index (κ2) is 7.36. The fourth-order valence-electron chi connectivity index (χ4n) is 3.18. The number of amides is 1. The summed E-state index contributed by atoms with van der Waals surface area (Å²) in [4.78, 5) is 47.2. The first kappa shape index (κ1) is 19.2. The average molecular weight is 405 g/mol. The van der Waals surface area contributed by atoms with Crippen LogP contribution in [0.5, 0.6) is 0 Å². The Hall–Kier alpha value is -4.14. The molecule has 9 nitrogen and oxygen atoms in total. The predicted molar refractivity (Wildman–Crippen MR) is 114 cm³/mol. The summed E-state index contributed by atoms with van der Waals surface area (Å²) in [6.45, 7) is 1.56.